The first-order valence-electron chi connectivity index (χ1n) is 4.72. The molecule has 1 unspecified atom stereocenters. The molecule has 10 heavy (non-hydrogen) atoms. The zero-order chi connectivity index (χ0) is 7.56. The van der Waals surface area contributed by atoms with Gasteiger partial charge in [0.25, 0.3) is 0 Å². The highest BCUT2D eigenvalue weighted by Crippen LogP contribution is 2.34. The molecule has 1 saturated carbocycles. The van der Waals surface area contributed by atoms with E-state index in [1.165, 1.54) is 25.7 Å². The van der Waals surface area contributed by atoms with E-state index >= 15 is 0 Å². The van der Waals surface area contributed by atoms with Gasteiger partial charge in [-0.15, -0.1) is 0 Å². The summed E-state index contributed by atoms with van der Waals surface area (Å²) < 4.78 is 0. The van der Waals surface area contributed by atoms with Gasteiger partial charge in [-0.25, -0.2) is 0 Å². The molecule has 0 heteroatoms. The molecule has 0 heterocycles. The van der Waals surface area contributed by atoms with Crippen LogP contribution in [0.3, 0.4) is 0 Å². The van der Waals surface area contributed by atoms with Crippen molar-refractivity contribution in [2.24, 2.45) is 17.8 Å². The van der Waals surface area contributed by atoms with Gasteiger partial charge >= 0.3 is 0 Å². The lowest BCUT2D eigenvalue weighted by Crippen LogP contribution is -2.13. The van der Waals surface area contributed by atoms with E-state index in [2.05, 4.69) is 20.8 Å². The third-order valence-corrected chi connectivity index (χ3v) is 3.19. The summed E-state index contributed by atoms with van der Waals surface area (Å²) in [4.78, 5) is 0. The maximum absolute atomic E-state index is 2.42. The zero-order valence-electron chi connectivity index (χ0n) is 7.56. The summed E-state index contributed by atoms with van der Waals surface area (Å²) in [5, 5.41) is 0. The molecule has 60 valence electrons. The highest BCUT2D eigenvalue weighted by molar-refractivity contribution is 4.74. The average Bonchev–Trinajstić information content (AvgIpc) is 2.36. The average molecular weight is 140 g/mol. The van der Waals surface area contributed by atoms with E-state index < -0.39 is 0 Å². The normalized spacial score (nSPS) is 24.0. The molecule has 1 rings (SSSR count). The summed E-state index contributed by atoms with van der Waals surface area (Å²) in [6.45, 7) is 7.12. The number of rotatable bonds is 2. The number of hydrogen-bond acceptors (Lipinski definition) is 0. The summed E-state index contributed by atoms with van der Waals surface area (Å²) in [5.41, 5.74) is 0. The molecule has 0 saturated heterocycles. The van der Waals surface area contributed by atoms with E-state index in [1.54, 1.807) is 0 Å². The lowest BCUT2D eigenvalue weighted by molar-refractivity contribution is 0.282. The Balaban J connectivity index is 2.32. The molecule has 0 aromatic carbocycles. The lowest BCUT2D eigenvalue weighted by Gasteiger charge is -2.22. The minimum absolute atomic E-state index is 0.892. The third-order valence-electron chi connectivity index (χ3n) is 3.19. The van der Waals surface area contributed by atoms with Gasteiger partial charge in [-0.1, -0.05) is 46.5 Å². The Morgan fingerprint density at radius 2 is 1.50 bits per heavy atom. The molecule has 0 spiro atoms. The van der Waals surface area contributed by atoms with Gasteiger partial charge in [-0.2, -0.15) is 0 Å². The summed E-state index contributed by atoms with van der Waals surface area (Å²) in [6.07, 6.45) is 5.97. The highest BCUT2D eigenvalue weighted by atomic mass is 14.3. The van der Waals surface area contributed by atoms with Gasteiger partial charge in [0.1, 0.15) is 0 Å². The molecule has 1 fully saturated rings. The predicted molar refractivity (Wildman–Crippen MR) is 46.0 cm³/mol. The second-order valence-corrected chi connectivity index (χ2v) is 4.15. The smallest absolute Gasteiger partial charge is 0.0386 e. The zero-order valence-corrected chi connectivity index (χ0v) is 7.56. The minimum Gasteiger partial charge on any atom is -0.0625 e. The van der Waals surface area contributed by atoms with Crippen molar-refractivity contribution in [1.82, 2.24) is 0 Å². The van der Waals surface area contributed by atoms with Crippen LogP contribution in [0, 0.1) is 17.8 Å². The minimum atomic E-state index is 0.892. The Morgan fingerprint density at radius 1 is 1.00 bits per heavy atom. The topological polar surface area (TPSA) is 0 Å². The maximum Gasteiger partial charge on any atom is -0.0386 e. The molecular formula is C10H20. The van der Waals surface area contributed by atoms with E-state index in [1.807, 2.05) is 0 Å². The molecule has 0 aromatic heterocycles. The molecular weight excluding hydrogens is 120 g/mol. The predicted octanol–water partition coefficient (Wildman–Crippen LogP) is 3.47. The first-order chi connectivity index (χ1) is 4.72. The second-order valence-electron chi connectivity index (χ2n) is 4.15. The van der Waals surface area contributed by atoms with Gasteiger partial charge in [0.2, 0.25) is 0 Å². The van der Waals surface area contributed by atoms with Crippen LogP contribution < -0.4 is 0 Å². The van der Waals surface area contributed by atoms with Crippen molar-refractivity contribution in [1.29, 1.82) is 0 Å². The van der Waals surface area contributed by atoms with Crippen molar-refractivity contribution in [3.8, 4) is 0 Å². The third kappa shape index (κ3) is 1.74. The molecule has 0 amide bonds. The van der Waals surface area contributed by atoms with Crippen molar-refractivity contribution in [3.63, 3.8) is 0 Å². The van der Waals surface area contributed by atoms with Crippen LogP contribution in [-0.2, 0) is 0 Å². The summed E-state index contributed by atoms with van der Waals surface area (Å²) in [6, 6.07) is 0. The Labute approximate surface area is 65.0 Å². The van der Waals surface area contributed by atoms with Gasteiger partial charge in [0, 0.05) is 0 Å². The molecule has 0 nitrogen and oxygen atoms in total. The largest absolute Gasteiger partial charge is 0.0625 e. The van der Waals surface area contributed by atoms with Gasteiger partial charge < -0.3 is 0 Å². The second kappa shape index (κ2) is 3.41. The van der Waals surface area contributed by atoms with Crippen molar-refractivity contribution in [2.45, 2.75) is 46.5 Å². The number of hydrogen-bond donors (Lipinski definition) is 0. The molecule has 0 aliphatic heterocycles. The summed E-state index contributed by atoms with van der Waals surface area (Å²) in [7, 11) is 0. The molecule has 0 N–H and O–H groups in total. The Hall–Kier alpha value is 0. The Kier molecular flexibility index (Phi) is 2.76. The van der Waals surface area contributed by atoms with E-state index in [4.69, 9.17) is 0 Å². The quantitative estimate of drug-likeness (QED) is 0.551. The monoisotopic (exact) mass is 140 g/mol. The maximum atomic E-state index is 2.42. The van der Waals surface area contributed by atoms with E-state index in [-0.39, 0.29) is 0 Å². The standard InChI is InChI=1S/C10H20/c1-8(2)9(3)10-6-4-5-7-10/h8-10H,4-7H2,1-3H3. The van der Waals surface area contributed by atoms with Crippen LogP contribution in [0.25, 0.3) is 0 Å². The fourth-order valence-corrected chi connectivity index (χ4v) is 2.03. The molecule has 0 radical (unpaired) electrons. The SMILES string of the molecule is CC(C)C(C)C1CCCC1. The van der Waals surface area contributed by atoms with Crippen molar-refractivity contribution in [2.75, 3.05) is 0 Å². The van der Waals surface area contributed by atoms with E-state index in [9.17, 15) is 0 Å². The van der Waals surface area contributed by atoms with Crippen LogP contribution in [0.4, 0.5) is 0 Å². The molecule has 1 aliphatic carbocycles. The Bertz CT molecular complexity index is 88.2. The van der Waals surface area contributed by atoms with Crippen molar-refractivity contribution in [3.05, 3.63) is 0 Å². The van der Waals surface area contributed by atoms with E-state index in [0.29, 0.717) is 0 Å². The first-order valence-corrected chi connectivity index (χ1v) is 4.72. The van der Waals surface area contributed by atoms with Gasteiger partial charge in [-0.05, 0) is 17.8 Å². The van der Waals surface area contributed by atoms with Gasteiger partial charge in [0.15, 0.2) is 0 Å². The summed E-state index contributed by atoms with van der Waals surface area (Å²) >= 11 is 0. The van der Waals surface area contributed by atoms with Crippen molar-refractivity contribution >= 4 is 0 Å². The molecule has 0 bridgehead atoms. The summed E-state index contributed by atoms with van der Waals surface area (Å²) in [5.74, 6) is 2.91. The van der Waals surface area contributed by atoms with Gasteiger partial charge in [-0.3, -0.25) is 0 Å². The van der Waals surface area contributed by atoms with Crippen LogP contribution in [0.15, 0.2) is 0 Å². The highest BCUT2D eigenvalue weighted by Gasteiger charge is 2.22. The van der Waals surface area contributed by atoms with Gasteiger partial charge in [0.05, 0.1) is 0 Å². The molecule has 1 atom stereocenters. The van der Waals surface area contributed by atoms with Crippen LogP contribution in [0.2, 0.25) is 0 Å². The molecule has 1 aliphatic rings. The van der Waals surface area contributed by atoms with Crippen molar-refractivity contribution < 1.29 is 0 Å². The molecule has 0 aromatic rings. The van der Waals surface area contributed by atoms with E-state index in [0.717, 1.165) is 17.8 Å². The van der Waals surface area contributed by atoms with Crippen LogP contribution in [-0.4, -0.2) is 0 Å². The first kappa shape index (κ1) is 8.10. The van der Waals surface area contributed by atoms with Crippen LogP contribution >= 0.6 is 0 Å². The van der Waals surface area contributed by atoms with Crippen LogP contribution in [0.5, 0.6) is 0 Å². The lowest BCUT2D eigenvalue weighted by atomic mass is 9.84. The Morgan fingerprint density at radius 3 is 1.90 bits per heavy atom. The fourth-order valence-electron chi connectivity index (χ4n) is 2.03. The van der Waals surface area contributed by atoms with Crippen LogP contribution in [0.1, 0.15) is 46.5 Å². The fraction of sp³-hybridized carbons (Fsp3) is 1.00.